The standard InChI is InChI=1S/C28H26N4O/c1-19-25-15-22(12-13-27(25)32-31-19)26-16-24(17-30-28(26)21-10-6-3-7-11-21)33-18-23(29)14-20-8-4-2-5-9-20/h2-13,15-17,23H,14,18,29H2,1H3,(H,31,32)/t23-/m0/s1. The van der Waals surface area contributed by atoms with E-state index in [1.807, 2.05) is 49.4 Å². The molecule has 0 aliphatic carbocycles. The second-order valence-electron chi connectivity index (χ2n) is 8.27. The molecule has 5 nitrogen and oxygen atoms in total. The first kappa shape index (κ1) is 20.9. The monoisotopic (exact) mass is 434 g/mol. The summed E-state index contributed by atoms with van der Waals surface area (Å²) in [6.45, 7) is 2.45. The van der Waals surface area contributed by atoms with E-state index in [0.717, 1.165) is 45.4 Å². The number of fused-ring (bicyclic) bond motifs is 1. The first-order valence-corrected chi connectivity index (χ1v) is 11.1. The highest BCUT2D eigenvalue weighted by Gasteiger charge is 2.14. The Kier molecular flexibility index (Phi) is 5.87. The van der Waals surface area contributed by atoms with Crippen LogP contribution >= 0.6 is 0 Å². The van der Waals surface area contributed by atoms with Gasteiger partial charge in [0, 0.05) is 28.2 Å². The third kappa shape index (κ3) is 4.64. The second kappa shape index (κ2) is 9.27. The van der Waals surface area contributed by atoms with Gasteiger partial charge in [0.1, 0.15) is 12.4 Å². The summed E-state index contributed by atoms with van der Waals surface area (Å²) < 4.78 is 6.08. The van der Waals surface area contributed by atoms with Gasteiger partial charge in [-0.2, -0.15) is 5.10 Å². The van der Waals surface area contributed by atoms with Crippen LogP contribution in [0.1, 0.15) is 11.3 Å². The van der Waals surface area contributed by atoms with Gasteiger partial charge in [0.15, 0.2) is 0 Å². The number of H-pyrrole nitrogens is 1. The van der Waals surface area contributed by atoms with E-state index in [1.54, 1.807) is 6.20 Å². The molecule has 0 aliphatic rings. The number of hydrogen-bond donors (Lipinski definition) is 2. The van der Waals surface area contributed by atoms with Crippen LogP contribution in [0, 0.1) is 6.92 Å². The van der Waals surface area contributed by atoms with Crippen molar-refractivity contribution in [3.8, 4) is 28.1 Å². The summed E-state index contributed by atoms with van der Waals surface area (Å²) in [5.74, 6) is 0.706. The topological polar surface area (TPSA) is 76.8 Å². The number of hydrogen-bond acceptors (Lipinski definition) is 4. The largest absolute Gasteiger partial charge is 0.490 e. The van der Waals surface area contributed by atoms with E-state index in [4.69, 9.17) is 15.5 Å². The summed E-state index contributed by atoms with van der Waals surface area (Å²) in [7, 11) is 0. The summed E-state index contributed by atoms with van der Waals surface area (Å²) in [5.41, 5.74) is 13.6. The lowest BCUT2D eigenvalue weighted by Gasteiger charge is -2.16. The fraction of sp³-hybridized carbons (Fsp3) is 0.143. The first-order chi connectivity index (χ1) is 16.2. The molecule has 1 atom stereocenters. The number of ether oxygens (including phenoxy) is 1. The quantitative estimate of drug-likeness (QED) is 0.352. The Morgan fingerprint density at radius 2 is 1.67 bits per heavy atom. The number of aromatic nitrogens is 3. The fourth-order valence-electron chi connectivity index (χ4n) is 4.06. The minimum absolute atomic E-state index is 0.102. The van der Waals surface area contributed by atoms with Gasteiger partial charge in [0.25, 0.3) is 0 Å². The molecule has 0 amide bonds. The Labute approximate surface area is 193 Å². The van der Waals surface area contributed by atoms with Crippen LogP contribution in [0.2, 0.25) is 0 Å². The third-order valence-corrected chi connectivity index (χ3v) is 5.77. The summed E-state index contributed by atoms with van der Waals surface area (Å²) in [5, 5.41) is 8.52. The molecule has 5 heteroatoms. The molecule has 3 N–H and O–H groups in total. The smallest absolute Gasteiger partial charge is 0.138 e. The van der Waals surface area contributed by atoms with Gasteiger partial charge in [-0.25, -0.2) is 0 Å². The lowest BCUT2D eigenvalue weighted by atomic mass is 9.98. The number of nitrogens with two attached hydrogens (primary N) is 1. The number of pyridine rings is 1. The number of nitrogens with zero attached hydrogens (tertiary/aromatic N) is 2. The van der Waals surface area contributed by atoms with Crippen molar-refractivity contribution < 1.29 is 4.74 Å². The normalized spacial score (nSPS) is 12.1. The summed E-state index contributed by atoms with van der Waals surface area (Å²) in [6.07, 6.45) is 2.54. The maximum Gasteiger partial charge on any atom is 0.138 e. The lowest BCUT2D eigenvalue weighted by Crippen LogP contribution is -2.30. The maximum atomic E-state index is 6.33. The highest BCUT2D eigenvalue weighted by Crippen LogP contribution is 2.34. The highest BCUT2D eigenvalue weighted by atomic mass is 16.5. The van der Waals surface area contributed by atoms with Crippen LogP contribution in [0.3, 0.4) is 0 Å². The molecule has 0 radical (unpaired) electrons. The van der Waals surface area contributed by atoms with Gasteiger partial charge < -0.3 is 10.5 Å². The number of benzene rings is 3. The lowest BCUT2D eigenvalue weighted by molar-refractivity contribution is 0.287. The zero-order chi connectivity index (χ0) is 22.6. The molecule has 0 aliphatic heterocycles. The Hall–Kier alpha value is -3.96. The minimum Gasteiger partial charge on any atom is -0.490 e. The van der Waals surface area contributed by atoms with Gasteiger partial charge in [-0.15, -0.1) is 0 Å². The summed E-state index contributed by atoms with van der Waals surface area (Å²) in [4.78, 5) is 4.79. The molecular weight excluding hydrogens is 408 g/mol. The molecule has 0 bridgehead atoms. The van der Waals surface area contributed by atoms with E-state index in [2.05, 4.69) is 52.7 Å². The molecule has 0 fully saturated rings. The molecule has 3 aromatic carbocycles. The van der Waals surface area contributed by atoms with Crippen LogP contribution in [0.15, 0.2) is 91.1 Å². The van der Waals surface area contributed by atoms with Gasteiger partial charge in [-0.3, -0.25) is 10.1 Å². The average molecular weight is 435 g/mol. The van der Waals surface area contributed by atoms with E-state index < -0.39 is 0 Å². The van der Waals surface area contributed by atoms with Crippen molar-refractivity contribution in [3.05, 3.63) is 102 Å². The summed E-state index contributed by atoms with van der Waals surface area (Å²) in [6, 6.07) is 28.7. The first-order valence-electron chi connectivity index (χ1n) is 11.1. The van der Waals surface area contributed by atoms with E-state index in [9.17, 15) is 0 Å². The fourth-order valence-corrected chi connectivity index (χ4v) is 4.06. The number of aryl methyl sites for hydroxylation is 1. The van der Waals surface area contributed by atoms with Crippen molar-refractivity contribution in [2.24, 2.45) is 5.73 Å². The molecule has 2 aromatic heterocycles. The molecule has 5 aromatic rings. The maximum absolute atomic E-state index is 6.33. The Morgan fingerprint density at radius 3 is 2.45 bits per heavy atom. The average Bonchev–Trinajstić information content (AvgIpc) is 3.24. The Balaban J connectivity index is 1.46. The van der Waals surface area contributed by atoms with Crippen LogP contribution in [0.25, 0.3) is 33.3 Å². The van der Waals surface area contributed by atoms with Gasteiger partial charge >= 0.3 is 0 Å². The van der Waals surface area contributed by atoms with Crippen LogP contribution in [0.5, 0.6) is 5.75 Å². The predicted molar refractivity (Wildman–Crippen MR) is 133 cm³/mol. The SMILES string of the molecule is Cc1[nH]nc2ccc(-c3cc(OC[C@@H](N)Cc4ccccc4)cnc3-c3ccccc3)cc12. The summed E-state index contributed by atoms with van der Waals surface area (Å²) >= 11 is 0. The van der Waals surface area contributed by atoms with Crippen molar-refractivity contribution in [2.75, 3.05) is 6.61 Å². The van der Waals surface area contributed by atoms with Crippen molar-refractivity contribution in [1.29, 1.82) is 0 Å². The second-order valence-corrected chi connectivity index (χ2v) is 8.27. The number of rotatable bonds is 7. The zero-order valence-corrected chi connectivity index (χ0v) is 18.5. The Bertz CT molecular complexity index is 1360. The predicted octanol–water partition coefficient (Wildman–Crippen LogP) is 5.55. The molecular formula is C28H26N4O. The van der Waals surface area contributed by atoms with Crippen molar-refractivity contribution in [1.82, 2.24) is 15.2 Å². The number of aromatic amines is 1. The van der Waals surface area contributed by atoms with Crippen LogP contribution in [0.4, 0.5) is 0 Å². The molecule has 33 heavy (non-hydrogen) atoms. The molecule has 0 unspecified atom stereocenters. The molecule has 2 heterocycles. The van der Waals surface area contributed by atoms with Crippen molar-refractivity contribution >= 4 is 10.9 Å². The van der Waals surface area contributed by atoms with Crippen molar-refractivity contribution in [2.45, 2.75) is 19.4 Å². The van der Waals surface area contributed by atoms with E-state index in [-0.39, 0.29) is 6.04 Å². The zero-order valence-electron chi connectivity index (χ0n) is 18.5. The van der Waals surface area contributed by atoms with Gasteiger partial charge in [0.2, 0.25) is 0 Å². The van der Waals surface area contributed by atoms with E-state index in [0.29, 0.717) is 12.4 Å². The highest BCUT2D eigenvalue weighted by molar-refractivity contribution is 5.90. The van der Waals surface area contributed by atoms with Crippen LogP contribution in [-0.2, 0) is 6.42 Å². The van der Waals surface area contributed by atoms with Crippen LogP contribution < -0.4 is 10.5 Å². The van der Waals surface area contributed by atoms with Gasteiger partial charge in [-0.1, -0.05) is 66.7 Å². The van der Waals surface area contributed by atoms with Gasteiger partial charge in [-0.05, 0) is 42.7 Å². The molecule has 0 spiro atoms. The third-order valence-electron chi connectivity index (χ3n) is 5.77. The van der Waals surface area contributed by atoms with Crippen molar-refractivity contribution in [3.63, 3.8) is 0 Å². The molecule has 164 valence electrons. The van der Waals surface area contributed by atoms with E-state index in [1.165, 1.54) is 5.56 Å². The Morgan fingerprint density at radius 1 is 0.909 bits per heavy atom. The van der Waals surface area contributed by atoms with Gasteiger partial charge in [0.05, 0.1) is 17.4 Å². The molecule has 0 saturated heterocycles. The number of nitrogens with one attached hydrogen (secondary N) is 1. The molecule has 0 saturated carbocycles. The van der Waals surface area contributed by atoms with E-state index >= 15 is 0 Å². The minimum atomic E-state index is -0.102. The van der Waals surface area contributed by atoms with Crippen LogP contribution in [-0.4, -0.2) is 27.8 Å². The molecule has 5 rings (SSSR count).